The molecule has 0 atom stereocenters. The molecule has 2 N–H and O–H groups in total. The van der Waals surface area contributed by atoms with Crippen LogP contribution < -0.4 is 15.4 Å². The van der Waals surface area contributed by atoms with Gasteiger partial charge in [-0.3, -0.25) is 24.3 Å². The highest BCUT2D eigenvalue weighted by atomic mass is 32.2. The molecule has 0 aliphatic rings. The monoisotopic (exact) mass is 560 g/mol. The summed E-state index contributed by atoms with van der Waals surface area (Å²) >= 11 is 1.22. The number of nitrogens with one attached hydrogen (secondary N) is 2. The van der Waals surface area contributed by atoms with Crippen molar-refractivity contribution in [1.29, 1.82) is 0 Å². The van der Waals surface area contributed by atoms with Crippen LogP contribution in [0.3, 0.4) is 0 Å². The van der Waals surface area contributed by atoms with Crippen molar-refractivity contribution in [2.45, 2.75) is 32.5 Å². The summed E-state index contributed by atoms with van der Waals surface area (Å²) in [4.78, 5) is 35.8. The van der Waals surface area contributed by atoms with Crippen LogP contribution in [-0.2, 0) is 11.3 Å². The van der Waals surface area contributed by atoms with E-state index in [9.17, 15) is 19.7 Å². The van der Waals surface area contributed by atoms with Crippen molar-refractivity contribution in [3.63, 3.8) is 0 Å². The van der Waals surface area contributed by atoms with Gasteiger partial charge in [-0.25, -0.2) is 0 Å². The van der Waals surface area contributed by atoms with Crippen LogP contribution in [0.25, 0.3) is 5.69 Å². The lowest BCUT2D eigenvalue weighted by Crippen LogP contribution is -2.24. The van der Waals surface area contributed by atoms with Crippen LogP contribution in [0.2, 0.25) is 0 Å². The molecular weight excluding hydrogens is 532 g/mol. The lowest BCUT2D eigenvalue weighted by molar-refractivity contribution is -0.384. The Morgan fingerprint density at radius 2 is 1.75 bits per heavy atom. The molecule has 40 heavy (non-hydrogen) atoms. The van der Waals surface area contributed by atoms with Crippen molar-refractivity contribution in [3.05, 3.63) is 99.4 Å². The zero-order valence-electron chi connectivity index (χ0n) is 22.2. The van der Waals surface area contributed by atoms with Crippen molar-refractivity contribution < 1.29 is 19.2 Å². The zero-order valence-corrected chi connectivity index (χ0v) is 23.0. The Balaban J connectivity index is 1.52. The molecule has 0 unspecified atom stereocenters. The number of thioether (sulfide) groups is 1. The molecule has 0 radical (unpaired) electrons. The van der Waals surface area contributed by atoms with Gasteiger partial charge in [0.05, 0.1) is 23.8 Å². The number of nitro benzene ring substituents is 1. The quantitative estimate of drug-likeness (QED) is 0.151. The maximum Gasteiger partial charge on any atom is 0.269 e. The molecule has 0 fully saturated rings. The van der Waals surface area contributed by atoms with E-state index in [0.717, 1.165) is 22.5 Å². The van der Waals surface area contributed by atoms with E-state index in [1.165, 1.54) is 36.0 Å². The van der Waals surface area contributed by atoms with E-state index in [2.05, 4.69) is 20.8 Å². The number of nitrogens with zero attached hydrogens (tertiary/aromatic N) is 4. The number of ether oxygens (including phenoxy) is 1. The molecule has 0 aliphatic heterocycles. The first-order valence-electron chi connectivity index (χ1n) is 12.4. The van der Waals surface area contributed by atoms with Crippen LogP contribution in [0.1, 0.15) is 34.2 Å². The number of non-ortho nitro benzene ring substituents is 1. The summed E-state index contributed by atoms with van der Waals surface area (Å²) in [6, 6.07) is 18.5. The number of hydrogen-bond donors (Lipinski definition) is 2. The first kappa shape index (κ1) is 28.3. The third-order valence-electron chi connectivity index (χ3n) is 5.85. The maximum absolute atomic E-state index is 12.8. The van der Waals surface area contributed by atoms with Crippen molar-refractivity contribution in [1.82, 2.24) is 20.1 Å². The summed E-state index contributed by atoms with van der Waals surface area (Å²) in [6.07, 6.45) is 0. The van der Waals surface area contributed by atoms with Crippen molar-refractivity contribution in [3.8, 4) is 11.4 Å². The Hall–Kier alpha value is -4.71. The van der Waals surface area contributed by atoms with E-state index in [1.54, 1.807) is 4.57 Å². The Labute approximate surface area is 235 Å². The highest BCUT2D eigenvalue weighted by molar-refractivity contribution is 7.99. The van der Waals surface area contributed by atoms with Gasteiger partial charge in [-0.05, 0) is 74.4 Å². The molecule has 2 amide bonds. The van der Waals surface area contributed by atoms with Crippen LogP contribution >= 0.6 is 11.8 Å². The summed E-state index contributed by atoms with van der Waals surface area (Å²) in [5.74, 6) is 0.634. The highest BCUT2D eigenvalue weighted by Crippen LogP contribution is 2.25. The summed E-state index contributed by atoms with van der Waals surface area (Å²) in [6.45, 7) is 6.36. The van der Waals surface area contributed by atoms with Crippen molar-refractivity contribution in [2.24, 2.45) is 0 Å². The first-order chi connectivity index (χ1) is 19.2. The zero-order chi connectivity index (χ0) is 28.6. The van der Waals surface area contributed by atoms with Gasteiger partial charge in [0.1, 0.15) is 5.75 Å². The Bertz CT molecular complexity index is 1520. The van der Waals surface area contributed by atoms with Gasteiger partial charge in [0.2, 0.25) is 5.91 Å². The van der Waals surface area contributed by atoms with E-state index in [4.69, 9.17) is 4.74 Å². The van der Waals surface area contributed by atoms with Gasteiger partial charge in [-0.1, -0.05) is 23.9 Å². The second kappa shape index (κ2) is 12.9. The number of aryl methyl sites for hydroxylation is 2. The Morgan fingerprint density at radius 3 is 2.42 bits per heavy atom. The van der Waals surface area contributed by atoms with Crippen molar-refractivity contribution >= 4 is 35.0 Å². The van der Waals surface area contributed by atoms with Crippen LogP contribution in [-0.4, -0.2) is 43.9 Å². The molecule has 1 heterocycles. The molecule has 4 aromatic rings. The smallest absolute Gasteiger partial charge is 0.269 e. The number of rotatable bonds is 11. The largest absolute Gasteiger partial charge is 0.494 e. The molecule has 0 spiro atoms. The average Bonchev–Trinajstić information content (AvgIpc) is 3.36. The molecule has 0 bridgehead atoms. The minimum atomic E-state index is -0.525. The third-order valence-corrected chi connectivity index (χ3v) is 6.78. The standard InChI is InChI=1S/C28H28N6O5S/c1-4-39-23-13-11-21(12-14-23)33-25(16-29-27(36)20-7-9-22(10-8-20)34(37)38)31-32-28(33)40-17-26(35)30-24-15-18(2)5-6-19(24)3/h5-15H,4,16-17H2,1-3H3,(H,29,36)(H,30,35). The van der Waals surface area contributed by atoms with E-state index >= 15 is 0 Å². The van der Waals surface area contributed by atoms with Gasteiger partial charge in [0.15, 0.2) is 11.0 Å². The topological polar surface area (TPSA) is 141 Å². The lowest BCUT2D eigenvalue weighted by Gasteiger charge is -2.12. The summed E-state index contributed by atoms with van der Waals surface area (Å²) in [7, 11) is 0. The van der Waals surface area contributed by atoms with Crippen LogP contribution in [0.4, 0.5) is 11.4 Å². The Kier molecular flexibility index (Phi) is 9.12. The number of anilines is 1. The molecule has 3 aromatic carbocycles. The van der Waals surface area contributed by atoms with Gasteiger partial charge in [-0.2, -0.15) is 0 Å². The number of carbonyl (C=O) groups excluding carboxylic acids is 2. The molecule has 0 saturated heterocycles. The predicted molar refractivity (Wildman–Crippen MR) is 152 cm³/mol. The summed E-state index contributed by atoms with van der Waals surface area (Å²) in [5.41, 5.74) is 3.67. The van der Waals surface area contributed by atoms with Gasteiger partial charge >= 0.3 is 0 Å². The molecule has 0 aliphatic carbocycles. The minimum Gasteiger partial charge on any atom is -0.494 e. The van der Waals surface area contributed by atoms with E-state index < -0.39 is 10.8 Å². The number of amides is 2. The molecule has 4 rings (SSSR count). The third kappa shape index (κ3) is 7.03. The van der Waals surface area contributed by atoms with E-state index in [1.807, 2.05) is 63.2 Å². The number of nitro groups is 1. The first-order valence-corrected chi connectivity index (χ1v) is 13.4. The van der Waals surface area contributed by atoms with Gasteiger partial charge < -0.3 is 15.4 Å². The summed E-state index contributed by atoms with van der Waals surface area (Å²) < 4.78 is 7.31. The summed E-state index contributed by atoms with van der Waals surface area (Å²) in [5, 5.41) is 25.6. The highest BCUT2D eigenvalue weighted by Gasteiger charge is 2.18. The van der Waals surface area contributed by atoms with Crippen LogP contribution in [0.15, 0.2) is 71.9 Å². The van der Waals surface area contributed by atoms with Gasteiger partial charge in [0.25, 0.3) is 11.6 Å². The predicted octanol–water partition coefficient (Wildman–Crippen LogP) is 4.85. The second-order valence-corrected chi connectivity index (χ2v) is 9.75. The minimum absolute atomic E-state index is 0.0330. The second-order valence-electron chi connectivity index (χ2n) is 8.80. The molecule has 0 saturated carbocycles. The number of aromatic nitrogens is 3. The molecule has 206 valence electrons. The SMILES string of the molecule is CCOc1ccc(-n2c(CNC(=O)c3ccc([N+](=O)[O-])cc3)nnc2SCC(=O)Nc2cc(C)ccc2C)cc1. The number of carbonyl (C=O) groups is 2. The van der Waals surface area contributed by atoms with Crippen molar-refractivity contribution in [2.75, 3.05) is 17.7 Å². The van der Waals surface area contributed by atoms with Gasteiger partial charge in [-0.15, -0.1) is 10.2 Å². The fourth-order valence-electron chi connectivity index (χ4n) is 3.81. The fourth-order valence-corrected chi connectivity index (χ4v) is 4.58. The van der Waals surface area contributed by atoms with Crippen LogP contribution in [0.5, 0.6) is 5.75 Å². The average molecular weight is 561 g/mol. The normalized spacial score (nSPS) is 10.7. The molecule has 1 aromatic heterocycles. The van der Waals surface area contributed by atoms with E-state index in [-0.39, 0.29) is 29.5 Å². The molecule has 11 nitrogen and oxygen atoms in total. The van der Waals surface area contributed by atoms with Crippen LogP contribution in [0, 0.1) is 24.0 Å². The Morgan fingerprint density at radius 1 is 1.02 bits per heavy atom. The van der Waals surface area contributed by atoms with E-state index in [0.29, 0.717) is 23.3 Å². The number of hydrogen-bond acceptors (Lipinski definition) is 8. The lowest BCUT2D eigenvalue weighted by atomic mass is 10.1. The fraction of sp³-hybridized carbons (Fsp3) is 0.214. The molecular formula is C28H28N6O5S. The van der Waals surface area contributed by atoms with Gasteiger partial charge in [0, 0.05) is 29.1 Å². The molecule has 12 heteroatoms. The maximum atomic E-state index is 12.8. The number of benzene rings is 3.